The van der Waals surface area contributed by atoms with E-state index in [0.29, 0.717) is 19.0 Å². The summed E-state index contributed by atoms with van der Waals surface area (Å²) in [5.41, 5.74) is 0.652. The minimum atomic E-state index is -0.498. The van der Waals surface area contributed by atoms with Crippen LogP contribution >= 0.6 is 11.6 Å². The largest absolute Gasteiger partial charge is 0.444 e. The molecule has 2 fully saturated rings. The smallest absolute Gasteiger partial charge is 0.407 e. The molecule has 2 atom stereocenters. The first kappa shape index (κ1) is 19.0. The number of alkyl carbamates (subject to hydrolysis) is 1. The Labute approximate surface area is 160 Å². The van der Waals surface area contributed by atoms with E-state index in [9.17, 15) is 9.59 Å². The highest BCUT2D eigenvalue weighted by Crippen LogP contribution is 2.49. The lowest BCUT2D eigenvalue weighted by atomic mass is 10.0. The molecule has 3 rings (SSSR count). The number of hydrogen-bond acceptors (Lipinski definition) is 3. The highest BCUT2D eigenvalue weighted by atomic mass is 35.5. The third-order valence-corrected chi connectivity index (χ3v) is 5.15. The molecule has 1 saturated heterocycles. The summed E-state index contributed by atoms with van der Waals surface area (Å²) in [6, 6.07) is 7.85. The summed E-state index contributed by atoms with van der Waals surface area (Å²) in [7, 11) is 0. The molecule has 142 valence electrons. The molecular formula is C20H27ClN2O3. The zero-order chi connectivity index (χ0) is 18.9. The molecule has 26 heavy (non-hydrogen) atoms. The molecule has 1 aliphatic carbocycles. The average molecular weight is 379 g/mol. The molecule has 1 aromatic carbocycles. The van der Waals surface area contributed by atoms with Crippen LogP contribution in [0.4, 0.5) is 4.79 Å². The maximum absolute atomic E-state index is 12.7. The van der Waals surface area contributed by atoms with E-state index in [1.807, 2.05) is 49.9 Å². The Morgan fingerprint density at radius 3 is 2.54 bits per heavy atom. The monoisotopic (exact) mass is 378 g/mol. The van der Waals surface area contributed by atoms with Gasteiger partial charge in [0.05, 0.1) is 0 Å². The molecule has 2 amide bonds. The van der Waals surface area contributed by atoms with Crippen molar-refractivity contribution in [3.63, 3.8) is 0 Å². The van der Waals surface area contributed by atoms with Crippen molar-refractivity contribution in [1.82, 2.24) is 10.2 Å². The van der Waals surface area contributed by atoms with Crippen LogP contribution in [0.5, 0.6) is 0 Å². The minimum absolute atomic E-state index is 0.0665. The highest BCUT2D eigenvalue weighted by Gasteiger charge is 2.46. The van der Waals surface area contributed by atoms with E-state index in [1.165, 1.54) is 0 Å². The first-order valence-electron chi connectivity index (χ1n) is 9.27. The fraction of sp³-hybridized carbons (Fsp3) is 0.600. The summed E-state index contributed by atoms with van der Waals surface area (Å²) >= 11 is 6.05. The van der Waals surface area contributed by atoms with Gasteiger partial charge in [-0.2, -0.15) is 0 Å². The number of nitrogens with zero attached hydrogens (tertiary/aromatic N) is 1. The van der Waals surface area contributed by atoms with Crippen molar-refractivity contribution in [2.24, 2.45) is 5.92 Å². The predicted molar refractivity (Wildman–Crippen MR) is 101 cm³/mol. The van der Waals surface area contributed by atoms with Gasteiger partial charge in [0, 0.05) is 30.1 Å². The number of rotatable bonds is 3. The lowest BCUT2D eigenvalue weighted by Crippen LogP contribution is -2.48. The lowest BCUT2D eigenvalue weighted by Gasteiger charge is -2.33. The van der Waals surface area contributed by atoms with Crippen LogP contribution < -0.4 is 5.32 Å². The third kappa shape index (κ3) is 4.91. The zero-order valence-corrected chi connectivity index (χ0v) is 16.4. The van der Waals surface area contributed by atoms with Gasteiger partial charge in [-0.15, -0.1) is 0 Å². The van der Waals surface area contributed by atoms with Crippen LogP contribution in [0.25, 0.3) is 0 Å². The maximum atomic E-state index is 12.7. The minimum Gasteiger partial charge on any atom is -0.444 e. The van der Waals surface area contributed by atoms with Crippen molar-refractivity contribution in [2.45, 2.75) is 57.6 Å². The van der Waals surface area contributed by atoms with Crippen LogP contribution in [0.15, 0.2) is 24.3 Å². The molecule has 0 bridgehead atoms. The fourth-order valence-corrected chi connectivity index (χ4v) is 3.73. The van der Waals surface area contributed by atoms with E-state index >= 15 is 0 Å². The van der Waals surface area contributed by atoms with Gasteiger partial charge >= 0.3 is 6.09 Å². The predicted octanol–water partition coefficient (Wildman–Crippen LogP) is 3.96. The number of amides is 2. The zero-order valence-electron chi connectivity index (χ0n) is 15.6. The summed E-state index contributed by atoms with van der Waals surface area (Å²) in [5.74, 6) is 0.591. The summed E-state index contributed by atoms with van der Waals surface area (Å²) in [6.07, 6.45) is 2.04. The standard InChI is InChI=1S/C20H27ClN2O3/c1-20(2,3)26-19(25)22-15-7-9-23(10-8-15)18(24)17-12-16(17)13-5-4-6-14(21)11-13/h4-6,11,15-17H,7-10,12H2,1-3H3,(H,22,25)/t16-,17+/m1/s1. The lowest BCUT2D eigenvalue weighted by molar-refractivity contribution is -0.133. The number of benzene rings is 1. The molecule has 0 radical (unpaired) electrons. The second-order valence-corrected chi connectivity index (χ2v) is 8.69. The summed E-state index contributed by atoms with van der Waals surface area (Å²) < 4.78 is 5.29. The molecule has 0 aromatic heterocycles. The number of nitrogens with one attached hydrogen (secondary N) is 1. The van der Waals surface area contributed by atoms with Gasteiger partial charge < -0.3 is 15.0 Å². The van der Waals surface area contributed by atoms with E-state index in [0.717, 1.165) is 29.8 Å². The van der Waals surface area contributed by atoms with Gasteiger partial charge in [-0.1, -0.05) is 23.7 Å². The number of halogens is 1. The number of ether oxygens (including phenoxy) is 1. The summed E-state index contributed by atoms with van der Waals surface area (Å²) in [6.45, 7) is 6.90. The van der Waals surface area contributed by atoms with Crippen LogP contribution in [0.1, 0.15) is 51.5 Å². The molecule has 6 heteroatoms. The normalized spacial score (nSPS) is 23.5. The SMILES string of the molecule is CC(C)(C)OC(=O)NC1CCN(C(=O)[C@H]2C[C@@H]2c2cccc(Cl)c2)CC1. The van der Waals surface area contributed by atoms with E-state index in [2.05, 4.69) is 5.32 Å². The van der Waals surface area contributed by atoms with Gasteiger partial charge in [0.1, 0.15) is 5.60 Å². The van der Waals surface area contributed by atoms with Crippen LogP contribution in [-0.2, 0) is 9.53 Å². The molecule has 2 aliphatic rings. The molecule has 0 unspecified atom stereocenters. The van der Waals surface area contributed by atoms with Crippen molar-refractivity contribution in [3.05, 3.63) is 34.9 Å². The van der Waals surface area contributed by atoms with Gasteiger partial charge in [-0.25, -0.2) is 4.79 Å². The Balaban J connectivity index is 1.45. The molecule has 1 N–H and O–H groups in total. The molecule has 5 nitrogen and oxygen atoms in total. The molecule has 1 aromatic rings. The van der Waals surface area contributed by atoms with Crippen molar-refractivity contribution in [3.8, 4) is 0 Å². The number of piperidine rings is 1. The number of carbonyl (C=O) groups is 2. The Bertz CT molecular complexity index is 678. The second-order valence-electron chi connectivity index (χ2n) is 8.25. The van der Waals surface area contributed by atoms with E-state index in [-0.39, 0.29) is 24.0 Å². The Hall–Kier alpha value is -1.75. The van der Waals surface area contributed by atoms with Crippen LogP contribution in [-0.4, -0.2) is 41.6 Å². The fourth-order valence-electron chi connectivity index (χ4n) is 3.53. The van der Waals surface area contributed by atoms with E-state index in [4.69, 9.17) is 16.3 Å². The van der Waals surface area contributed by atoms with Crippen molar-refractivity contribution in [1.29, 1.82) is 0 Å². The van der Waals surface area contributed by atoms with Gasteiger partial charge in [0.25, 0.3) is 0 Å². The quantitative estimate of drug-likeness (QED) is 0.866. The van der Waals surface area contributed by atoms with E-state index in [1.54, 1.807) is 0 Å². The Morgan fingerprint density at radius 2 is 1.92 bits per heavy atom. The van der Waals surface area contributed by atoms with E-state index < -0.39 is 5.60 Å². The number of likely N-dealkylation sites (tertiary alicyclic amines) is 1. The molecule has 0 spiro atoms. The topological polar surface area (TPSA) is 58.6 Å². The molecular weight excluding hydrogens is 352 g/mol. The Morgan fingerprint density at radius 1 is 1.23 bits per heavy atom. The maximum Gasteiger partial charge on any atom is 0.407 e. The Kier molecular flexibility index (Phi) is 5.47. The third-order valence-electron chi connectivity index (χ3n) is 4.91. The van der Waals surface area contributed by atoms with Gasteiger partial charge in [-0.05, 0) is 63.6 Å². The number of carbonyl (C=O) groups excluding carboxylic acids is 2. The van der Waals surface area contributed by atoms with Crippen LogP contribution in [0, 0.1) is 5.92 Å². The molecule has 1 aliphatic heterocycles. The van der Waals surface area contributed by atoms with Crippen LogP contribution in [0.3, 0.4) is 0 Å². The van der Waals surface area contributed by atoms with Crippen LogP contribution in [0.2, 0.25) is 5.02 Å². The van der Waals surface area contributed by atoms with Crippen molar-refractivity contribution >= 4 is 23.6 Å². The molecule has 1 saturated carbocycles. The highest BCUT2D eigenvalue weighted by molar-refractivity contribution is 6.30. The molecule has 1 heterocycles. The summed E-state index contributed by atoms with van der Waals surface area (Å²) in [4.78, 5) is 26.5. The van der Waals surface area contributed by atoms with Crippen molar-refractivity contribution in [2.75, 3.05) is 13.1 Å². The summed E-state index contributed by atoms with van der Waals surface area (Å²) in [5, 5.41) is 3.62. The average Bonchev–Trinajstić information content (AvgIpc) is 3.34. The van der Waals surface area contributed by atoms with Gasteiger partial charge in [0.2, 0.25) is 5.91 Å². The number of hydrogen-bond donors (Lipinski definition) is 1. The second kappa shape index (κ2) is 7.47. The first-order valence-corrected chi connectivity index (χ1v) is 9.64. The van der Waals surface area contributed by atoms with Gasteiger partial charge in [-0.3, -0.25) is 4.79 Å². The first-order chi connectivity index (χ1) is 12.2. The van der Waals surface area contributed by atoms with Gasteiger partial charge in [0.15, 0.2) is 0 Å². The van der Waals surface area contributed by atoms with Crippen molar-refractivity contribution < 1.29 is 14.3 Å².